The van der Waals surface area contributed by atoms with Crippen LogP contribution in [0.5, 0.6) is 5.75 Å². The Labute approximate surface area is 249 Å². The normalized spacial score (nSPS) is 17.6. The highest BCUT2D eigenvalue weighted by Crippen LogP contribution is 2.52. The zero-order valence-corrected chi connectivity index (χ0v) is 24.8. The molecule has 0 bridgehead atoms. The van der Waals surface area contributed by atoms with Gasteiger partial charge in [0.15, 0.2) is 0 Å². The number of rotatable bonds is 7. The van der Waals surface area contributed by atoms with Crippen molar-refractivity contribution in [3.8, 4) is 16.9 Å². The van der Waals surface area contributed by atoms with Crippen LogP contribution in [0, 0.1) is 5.92 Å². The van der Waals surface area contributed by atoms with Gasteiger partial charge >= 0.3 is 0 Å². The van der Waals surface area contributed by atoms with E-state index in [4.69, 9.17) is 0 Å². The highest BCUT2D eigenvalue weighted by Gasteiger charge is 2.38. The Morgan fingerprint density at radius 1 is 0.619 bits per heavy atom. The van der Waals surface area contributed by atoms with Crippen LogP contribution < -0.4 is 15.9 Å². The van der Waals surface area contributed by atoms with Crippen LogP contribution in [0.1, 0.15) is 26.2 Å². The molecule has 0 amide bonds. The number of hydrogen-bond acceptors (Lipinski definition) is 2. The molecule has 6 aromatic rings. The minimum Gasteiger partial charge on any atom is -0.507 e. The van der Waals surface area contributed by atoms with Crippen LogP contribution in [0.3, 0.4) is 0 Å². The van der Waals surface area contributed by atoms with Gasteiger partial charge in [-0.3, -0.25) is 0 Å². The fourth-order valence-corrected chi connectivity index (χ4v) is 10.4. The summed E-state index contributed by atoms with van der Waals surface area (Å²) < 4.78 is 0. The number of nitrogens with one attached hydrogen (secondary N) is 1. The summed E-state index contributed by atoms with van der Waals surface area (Å²) in [6.07, 6.45) is 3.73. The predicted molar refractivity (Wildman–Crippen MR) is 182 cm³/mol. The quantitative estimate of drug-likeness (QED) is 0.189. The van der Waals surface area contributed by atoms with E-state index in [1.165, 1.54) is 35.3 Å². The molecule has 7 rings (SSSR count). The average molecular weight is 566 g/mol. The van der Waals surface area contributed by atoms with E-state index in [0.29, 0.717) is 17.3 Å². The van der Waals surface area contributed by atoms with Gasteiger partial charge in [0, 0.05) is 22.9 Å². The number of phenols is 1. The van der Waals surface area contributed by atoms with Crippen LogP contribution in [-0.2, 0) is 0 Å². The Kier molecular flexibility index (Phi) is 7.41. The largest absolute Gasteiger partial charge is 0.507 e. The minimum absolute atomic E-state index is 0.270. The van der Waals surface area contributed by atoms with Gasteiger partial charge in [-0.05, 0) is 83.6 Å². The van der Waals surface area contributed by atoms with Crippen LogP contribution in [0.25, 0.3) is 32.7 Å². The second kappa shape index (κ2) is 11.6. The standard InChI is InChI=1S/C39H36NOP/c1-27(32-21-12-22-37(32)42(30-15-4-2-5-16-30)31-17-6-3-7-18-31)40-35-25-23-28-13-8-10-19-33(28)38(35)39-34-20-11-9-14-29(34)24-26-36(39)41/h2-11,13-20,23-27,32,37,40-41H,12,21-22H2,1H3/t27-,32+,37?/m1/s1. The van der Waals surface area contributed by atoms with Gasteiger partial charge in [0.05, 0.1) is 0 Å². The summed E-state index contributed by atoms with van der Waals surface area (Å²) in [4.78, 5) is 0. The number of phenolic OH excluding ortho intramolecular Hbond substituents is 1. The van der Waals surface area contributed by atoms with Crippen LogP contribution in [0.2, 0.25) is 0 Å². The van der Waals surface area contributed by atoms with Crippen molar-refractivity contribution in [2.75, 3.05) is 5.32 Å². The van der Waals surface area contributed by atoms with Gasteiger partial charge in [-0.15, -0.1) is 0 Å². The van der Waals surface area contributed by atoms with Gasteiger partial charge in [0.1, 0.15) is 5.75 Å². The molecule has 2 nitrogen and oxygen atoms in total. The number of aromatic hydroxyl groups is 1. The summed E-state index contributed by atoms with van der Waals surface area (Å²) in [5.74, 6) is 0.855. The van der Waals surface area contributed by atoms with Crippen LogP contribution in [0.15, 0.2) is 133 Å². The van der Waals surface area contributed by atoms with Gasteiger partial charge in [-0.1, -0.05) is 128 Å². The summed E-state index contributed by atoms with van der Waals surface area (Å²) in [7, 11) is -0.487. The maximum Gasteiger partial charge on any atom is 0.124 e. The van der Waals surface area contributed by atoms with E-state index in [9.17, 15) is 5.11 Å². The highest BCUT2D eigenvalue weighted by atomic mass is 31.1. The lowest BCUT2D eigenvalue weighted by atomic mass is 9.90. The van der Waals surface area contributed by atoms with Gasteiger partial charge in [-0.2, -0.15) is 0 Å². The van der Waals surface area contributed by atoms with Gasteiger partial charge in [-0.25, -0.2) is 0 Å². The minimum atomic E-state index is -0.487. The molecule has 1 aliphatic rings. The molecule has 1 unspecified atom stereocenters. The van der Waals surface area contributed by atoms with Crippen molar-refractivity contribution in [3.63, 3.8) is 0 Å². The van der Waals surface area contributed by atoms with Crippen molar-refractivity contribution in [2.45, 2.75) is 37.9 Å². The van der Waals surface area contributed by atoms with Crippen molar-refractivity contribution in [1.29, 1.82) is 0 Å². The van der Waals surface area contributed by atoms with E-state index in [0.717, 1.165) is 33.0 Å². The number of fused-ring (bicyclic) bond motifs is 2. The summed E-state index contributed by atoms with van der Waals surface area (Å²) in [6.45, 7) is 2.37. The first-order valence-corrected chi connectivity index (χ1v) is 16.5. The van der Waals surface area contributed by atoms with E-state index in [1.807, 2.05) is 12.1 Å². The summed E-state index contributed by atoms with van der Waals surface area (Å²) in [5, 5.41) is 22.8. The van der Waals surface area contributed by atoms with Gasteiger partial charge in [0.2, 0.25) is 0 Å². The van der Waals surface area contributed by atoms with Gasteiger partial charge in [0.25, 0.3) is 0 Å². The lowest BCUT2D eigenvalue weighted by molar-refractivity contribution is 0.478. The molecular formula is C39H36NOP. The van der Waals surface area contributed by atoms with Crippen LogP contribution >= 0.6 is 7.92 Å². The second-order valence-electron chi connectivity index (χ2n) is 11.5. The molecule has 0 radical (unpaired) electrons. The summed E-state index contributed by atoms with van der Waals surface area (Å²) in [5.41, 5.74) is 3.67. The van der Waals surface area contributed by atoms with E-state index < -0.39 is 7.92 Å². The molecule has 2 N–H and O–H groups in total. The molecule has 1 saturated carbocycles. The predicted octanol–water partition coefficient (Wildman–Crippen LogP) is 9.47. The number of anilines is 1. The second-order valence-corrected chi connectivity index (χ2v) is 14.0. The molecule has 0 heterocycles. The van der Waals surface area contributed by atoms with Crippen LogP contribution in [0.4, 0.5) is 5.69 Å². The lowest BCUT2D eigenvalue weighted by Gasteiger charge is -2.34. The third kappa shape index (κ3) is 4.95. The third-order valence-corrected chi connectivity index (χ3v) is 12.1. The third-order valence-electron chi connectivity index (χ3n) is 9.04. The maximum absolute atomic E-state index is 11.3. The Bertz CT molecular complexity index is 1800. The molecule has 6 aromatic carbocycles. The Morgan fingerprint density at radius 3 is 1.81 bits per heavy atom. The van der Waals surface area contributed by atoms with Crippen molar-refractivity contribution < 1.29 is 5.11 Å². The average Bonchev–Trinajstić information content (AvgIpc) is 3.52. The highest BCUT2D eigenvalue weighted by molar-refractivity contribution is 7.73. The molecule has 42 heavy (non-hydrogen) atoms. The summed E-state index contributed by atoms with van der Waals surface area (Å²) >= 11 is 0. The van der Waals surface area contributed by atoms with Crippen LogP contribution in [-0.4, -0.2) is 16.8 Å². The van der Waals surface area contributed by atoms with E-state index in [1.54, 1.807) is 0 Å². The lowest BCUT2D eigenvalue weighted by Crippen LogP contribution is -2.34. The molecule has 0 aliphatic heterocycles. The molecule has 1 fully saturated rings. The zero-order valence-electron chi connectivity index (χ0n) is 23.9. The maximum atomic E-state index is 11.3. The topological polar surface area (TPSA) is 32.3 Å². The van der Waals surface area contributed by atoms with Crippen molar-refractivity contribution in [2.24, 2.45) is 5.92 Å². The Balaban J connectivity index is 1.31. The zero-order chi connectivity index (χ0) is 28.5. The molecule has 1 aliphatic carbocycles. The first-order valence-electron chi connectivity index (χ1n) is 15.1. The van der Waals surface area contributed by atoms with Crippen molar-refractivity contribution in [3.05, 3.63) is 133 Å². The first-order chi connectivity index (χ1) is 20.7. The first kappa shape index (κ1) is 26.7. The van der Waals surface area contributed by atoms with E-state index >= 15 is 0 Å². The SMILES string of the molecule is C[C@@H](Nc1ccc2ccccc2c1-c1c(O)ccc2ccccc12)[C@@H]1CCCC1P(c1ccccc1)c1ccccc1. The van der Waals surface area contributed by atoms with E-state index in [2.05, 4.69) is 134 Å². The number of benzene rings is 6. The monoisotopic (exact) mass is 565 g/mol. The molecule has 3 heteroatoms. The van der Waals surface area contributed by atoms with Crippen molar-refractivity contribution in [1.82, 2.24) is 0 Å². The fraction of sp³-hybridized carbons (Fsp3) is 0.179. The fourth-order valence-electron chi connectivity index (χ4n) is 7.12. The van der Waals surface area contributed by atoms with E-state index in [-0.39, 0.29) is 6.04 Å². The molecule has 0 saturated heterocycles. The molecule has 3 atom stereocenters. The molecule has 0 aromatic heterocycles. The van der Waals surface area contributed by atoms with Crippen molar-refractivity contribution >= 4 is 45.8 Å². The molecular weight excluding hydrogens is 529 g/mol. The number of hydrogen-bond donors (Lipinski definition) is 2. The summed E-state index contributed by atoms with van der Waals surface area (Å²) in [6, 6.07) is 47.8. The molecule has 0 spiro atoms. The Morgan fingerprint density at radius 2 is 1.17 bits per heavy atom. The Hall–Kier alpha value is -4.13. The smallest absolute Gasteiger partial charge is 0.124 e. The molecule has 208 valence electrons. The van der Waals surface area contributed by atoms with Gasteiger partial charge < -0.3 is 10.4 Å².